The van der Waals surface area contributed by atoms with Crippen molar-refractivity contribution in [1.82, 2.24) is 4.31 Å². The molecule has 0 radical (unpaired) electrons. The van der Waals surface area contributed by atoms with Gasteiger partial charge in [0.2, 0.25) is 15.9 Å². The lowest BCUT2D eigenvalue weighted by atomic mass is 10.0. The van der Waals surface area contributed by atoms with E-state index in [0.717, 1.165) is 37.7 Å². The average molecular weight is 429 g/mol. The Balaban J connectivity index is 1.51. The van der Waals surface area contributed by atoms with Crippen molar-refractivity contribution in [2.45, 2.75) is 49.8 Å². The molecule has 0 spiro atoms. The van der Waals surface area contributed by atoms with Gasteiger partial charge in [0.15, 0.2) is 0 Å². The Morgan fingerprint density at radius 3 is 2.53 bits per heavy atom. The van der Waals surface area contributed by atoms with Gasteiger partial charge < -0.3 is 10.1 Å². The van der Waals surface area contributed by atoms with Gasteiger partial charge in [0.1, 0.15) is 10.6 Å². The fourth-order valence-corrected chi connectivity index (χ4v) is 6.02. The molecule has 1 amide bonds. The molecule has 4 rings (SSSR count). The van der Waals surface area contributed by atoms with E-state index in [1.54, 1.807) is 12.1 Å². The van der Waals surface area contributed by atoms with Crippen LogP contribution in [0.15, 0.2) is 41.3 Å². The Hall–Kier alpha value is -2.38. The first-order chi connectivity index (χ1) is 14.5. The number of hydrogen-bond donors (Lipinski definition) is 1. The van der Waals surface area contributed by atoms with E-state index in [9.17, 15) is 13.2 Å². The zero-order valence-corrected chi connectivity index (χ0v) is 18.1. The summed E-state index contributed by atoms with van der Waals surface area (Å²) in [6, 6.07) is 11.0. The van der Waals surface area contributed by atoms with Crippen molar-refractivity contribution in [1.29, 1.82) is 0 Å². The molecule has 1 fully saturated rings. The van der Waals surface area contributed by atoms with Crippen molar-refractivity contribution in [2.75, 3.05) is 25.5 Å². The number of rotatable bonds is 6. The molecule has 30 heavy (non-hydrogen) atoms. The van der Waals surface area contributed by atoms with E-state index in [1.807, 2.05) is 6.07 Å². The topological polar surface area (TPSA) is 75.7 Å². The molecule has 0 saturated carbocycles. The summed E-state index contributed by atoms with van der Waals surface area (Å²) in [5, 5.41) is 2.85. The highest BCUT2D eigenvalue weighted by atomic mass is 32.2. The first kappa shape index (κ1) is 20.9. The fourth-order valence-electron chi connectivity index (χ4n) is 4.33. The van der Waals surface area contributed by atoms with Crippen molar-refractivity contribution < 1.29 is 17.9 Å². The van der Waals surface area contributed by atoms with Crippen molar-refractivity contribution in [3.8, 4) is 5.75 Å². The molecule has 1 heterocycles. The van der Waals surface area contributed by atoms with Gasteiger partial charge in [-0.1, -0.05) is 24.6 Å². The lowest BCUT2D eigenvalue weighted by Gasteiger charge is -2.26. The average Bonchev–Trinajstić information content (AvgIpc) is 3.22. The van der Waals surface area contributed by atoms with Gasteiger partial charge in [-0.05, 0) is 67.0 Å². The summed E-state index contributed by atoms with van der Waals surface area (Å²) in [7, 11) is -2.22. The maximum absolute atomic E-state index is 13.1. The molecule has 1 aliphatic heterocycles. The zero-order valence-electron chi connectivity index (χ0n) is 17.3. The highest BCUT2D eigenvalue weighted by molar-refractivity contribution is 7.89. The second-order valence-electron chi connectivity index (χ2n) is 8.01. The molecule has 0 atom stereocenters. The van der Waals surface area contributed by atoms with E-state index in [-0.39, 0.29) is 23.0 Å². The minimum Gasteiger partial charge on any atom is -0.495 e. The van der Waals surface area contributed by atoms with E-state index in [0.29, 0.717) is 18.8 Å². The van der Waals surface area contributed by atoms with Crippen LogP contribution in [0.2, 0.25) is 0 Å². The van der Waals surface area contributed by atoms with Gasteiger partial charge >= 0.3 is 0 Å². The van der Waals surface area contributed by atoms with Gasteiger partial charge in [0.25, 0.3) is 0 Å². The van der Waals surface area contributed by atoms with Crippen molar-refractivity contribution in [2.24, 2.45) is 0 Å². The molecular formula is C23H28N2O4S. The fraction of sp³-hybridized carbons (Fsp3) is 0.435. The van der Waals surface area contributed by atoms with Crippen LogP contribution in [0.5, 0.6) is 5.75 Å². The van der Waals surface area contributed by atoms with Gasteiger partial charge in [0.05, 0.1) is 13.5 Å². The van der Waals surface area contributed by atoms with Gasteiger partial charge in [-0.2, -0.15) is 4.31 Å². The van der Waals surface area contributed by atoms with Crippen LogP contribution in [0.1, 0.15) is 42.4 Å². The molecule has 2 aromatic carbocycles. The van der Waals surface area contributed by atoms with Crippen molar-refractivity contribution >= 4 is 21.6 Å². The van der Waals surface area contributed by atoms with E-state index in [1.165, 1.54) is 35.0 Å². The number of fused-ring (bicyclic) bond motifs is 1. The van der Waals surface area contributed by atoms with Crippen molar-refractivity contribution in [3.05, 3.63) is 53.1 Å². The summed E-state index contributed by atoms with van der Waals surface area (Å²) in [5.41, 5.74) is 4.14. The minimum absolute atomic E-state index is 0.0993. The molecule has 6 nitrogen and oxygen atoms in total. The number of amides is 1. The number of methoxy groups -OCH3 is 1. The number of ether oxygens (including phenoxy) is 1. The quantitative estimate of drug-likeness (QED) is 0.764. The van der Waals surface area contributed by atoms with E-state index in [2.05, 4.69) is 17.4 Å². The lowest BCUT2D eigenvalue weighted by Crippen LogP contribution is -2.35. The van der Waals surface area contributed by atoms with Crippen LogP contribution in [0.25, 0.3) is 0 Å². The van der Waals surface area contributed by atoms with E-state index < -0.39 is 10.0 Å². The van der Waals surface area contributed by atoms with Gasteiger partial charge in [-0.3, -0.25) is 4.79 Å². The van der Waals surface area contributed by atoms with Crippen LogP contribution < -0.4 is 10.1 Å². The highest BCUT2D eigenvalue weighted by Gasteiger charge is 2.29. The van der Waals surface area contributed by atoms with Crippen LogP contribution in [-0.4, -0.2) is 38.8 Å². The summed E-state index contributed by atoms with van der Waals surface area (Å²) in [6.45, 7) is 1.03. The number of piperidine rings is 1. The second kappa shape index (κ2) is 8.78. The summed E-state index contributed by atoms with van der Waals surface area (Å²) in [4.78, 5) is 12.7. The molecular weight excluding hydrogens is 400 g/mol. The molecule has 0 unspecified atom stereocenters. The Morgan fingerprint density at radius 1 is 1.00 bits per heavy atom. The lowest BCUT2D eigenvalue weighted by molar-refractivity contribution is -0.115. The minimum atomic E-state index is -3.67. The Bertz CT molecular complexity index is 1040. The van der Waals surface area contributed by atoms with Crippen LogP contribution in [0.4, 0.5) is 5.69 Å². The van der Waals surface area contributed by atoms with Crippen LogP contribution in [0.3, 0.4) is 0 Å². The molecule has 2 aromatic rings. The first-order valence-electron chi connectivity index (χ1n) is 10.6. The molecule has 2 aliphatic rings. The molecule has 1 N–H and O–H groups in total. The number of nitrogens with zero attached hydrogens (tertiary/aromatic N) is 1. The monoisotopic (exact) mass is 428 g/mol. The third-order valence-corrected chi connectivity index (χ3v) is 7.83. The molecule has 7 heteroatoms. The Kier molecular flexibility index (Phi) is 6.11. The number of carbonyl (C=O) groups is 1. The van der Waals surface area contributed by atoms with Gasteiger partial charge in [0, 0.05) is 18.8 Å². The first-order valence-corrected chi connectivity index (χ1v) is 12.0. The molecule has 0 aromatic heterocycles. The number of carbonyl (C=O) groups excluding carboxylic acids is 1. The number of hydrogen-bond acceptors (Lipinski definition) is 4. The smallest absolute Gasteiger partial charge is 0.246 e. The molecule has 0 bridgehead atoms. The van der Waals surface area contributed by atoms with Crippen LogP contribution in [0, 0.1) is 0 Å². The molecule has 160 valence electrons. The number of sulfonamides is 1. The van der Waals surface area contributed by atoms with Crippen LogP contribution >= 0.6 is 0 Å². The van der Waals surface area contributed by atoms with Gasteiger partial charge in [-0.15, -0.1) is 0 Å². The summed E-state index contributed by atoms with van der Waals surface area (Å²) in [6.07, 6.45) is 6.38. The summed E-state index contributed by atoms with van der Waals surface area (Å²) in [5.74, 6) is 0.122. The number of anilines is 1. The third kappa shape index (κ3) is 4.37. The number of nitrogens with one attached hydrogen (secondary N) is 1. The van der Waals surface area contributed by atoms with E-state index >= 15 is 0 Å². The zero-order chi connectivity index (χ0) is 21.1. The van der Waals surface area contributed by atoms with E-state index in [4.69, 9.17) is 4.74 Å². The normalized spacial score (nSPS) is 16.8. The number of aryl methyl sites for hydroxylation is 2. The van der Waals surface area contributed by atoms with Crippen molar-refractivity contribution in [3.63, 3.8) is 0 Å². The largest absolute Gasteiger partial charge is 0.495 e. The van der Waals surface area contributed by atoms with Crippen LogP contribution in [-0.2, 0) is 34.1 Å². The second-order valence-corrected chi connectivity index (χ2v) is 9.92. The Morgan fingerprint density at radius 2 is 1.77 bits per heavy atom. The molecule has 1 saturated heterocycles. The highest BCUT2D eigenvalue weighted by Crippen LogP contribution is 2.31. The van der Waals surface area contributed by atoms with Gasteiger partial charge in [-0.25, -0.2) is 8.42 Å². The molecule has 1 aliphatic carbocycles. The summed E-state index contributed by atoms with van der Waals surface area (Å²) >= 11 is 0. The number of benzene rings is 2. The predicted molar refractivity (Wildman–Crippen MR) is 116 cm³/mol. The SMILES string of the molecule is COc1ccc(NC(=O)Cc2ccc3c(c2)CCC3)cc1S(=O)(=O)N1CCCCC1. The maximum Gasteiger partial charge on any atom is 0.246 e. The maximum atomic E-state index is 13.1. The third-order valence-electron chi connectivity index (χ3n) is 5.91. The standard InChI is InChI=1S/C23H28N2O4S/c1-29-21-11-10-20(16-22(21)30(27,28)25-12-3-2-4-13-25)24-23(26)15-17-8-9-18-6-5-7-19(18)14-17/h8-11,14,16H,2-7,12-13,15H2,1H3,(H,24,26). The Labute approximate surface area is 178 Å². The predicted octanol–water partition coefficient (Wildman–Crippen LogP) is 3.54. The summed E-state index contributed by atoms with van der Waals surface area (Å²) < 4.78 is 33.1.